The Kier molecular flexibility index (Phi) is 10.1. The standard InChI is InChI=1S/C24H27ClN8O3S.C2HF3O2/c25-20-14-27-23-29-18-3-1-2-15(12-18)4-5-16-13-19(28-22(20)32-23)6-7-21(16)31-24(34)30-17-8-10-33(11-9-17)37(26,35)36;3-2(4,5)1(6)7/h1-3,6-7,12-14,17H,4-5,8-11H2,(H2,26,35,36)(H2,30,31,34)(H2,27,28,29,32);(H,6,7). The van der Waals surface area contributed by atoms with Crippen LogP contribution in [0.4, 0.5) is 46.8 Å². The van der Waals surface area contributed by atoms with Crippen molar-refractivity contribution in [2.24, 2.45) is 5.14 Å². The van der Waals surface area contributed by atoms with E-state index >= 15 is 0 Å². The van der Waals surface area contributed by atoms with E-state index in [2.05, 4.69) is 37.3 Å². The maximum absolute atomic E-state index is 12.8. The van der Waals surface area contributed by atoms with Gasteiger partial charge < -0.3 is 26.4 Å². The number of amides is 2. The molecule has 0 aliphatic carbocycles. The van der Waals surface area contributed by atoms with Crippen LogP contribution in [0.1, 0.15) is 24.0 Å². The van der Waals surface area contributed by atoms with Gasteiger partial charge >= 0.3 is 18.2 Å². The third-order valence-corrected chi connectivity index (χ3v) is 7.98. The Morgan fingerprint density at radius 3 is 2.41 bits per heavy atom. The number of aliphatic carboxylic acids is 1. The fourth-order valence-electron chi connectivity index (χ4n) is 4.46. The van der Waals surface area contributed by atoms with Crippen LogP contribution < -0.4 is 26.4 Å². The SMILES string of the molecule is NS(=O)(=O)N1CCC(NC(=O)Nc2ccc3cc2CCc2cccc(c2)Nc2ncc(Cl)c(n2)N3)CC1.O=C(O)C(F)(F)F. The molecule has 3 heterocycles. The fourth-order valence-corrected chi connectivity index (χ4v) is 5.32. The van der Waals surface area contributed by atoms with E-state index in [0.29, 0.717) is 41.7 Å². The summed E-state index contributed by atoms with van der Waals surface area (Å²) in [6, 6.07) is 13.2. The molecule has 0 saturated carbocycles. The van der Waals surface area contributed by atoms with E-state index in [0.717, 1.165) is 28.9 Å². The highest BCUT2D eigenvalue weighted by Crippen LogP contribution is 2.29. The van der Waals surface area contributed by atoms with E-state index in [1.165, 1.54) is 10.5 Å². The van der Waals surface area contributed by atoms with Crippen LogP contribution in [0.3, 0.4) is 0 Å². The molecule has 0 radical (unpaired) electrons. The van der Waals surface area contributed by atoms with Crippen LogP contribution in [0.2, 0.25) is 5.02 Å². The Morgan fingerprint density at radius 2 is 1.75 bits per heavy atom. The molecule has 2 amide bonds. The number of alkyl halides is 3. The summed E-state index contributed by atoms with van der Waals surface area (Å²) in [7, 11) is -3.71. The number of fused-ring (bicyclic) bond motifs is 6. The lowest BCUT2D eigenvalue weighted by Gasteiger charge is -2.30. The normalized spacial score (nSPS) is 15.5. The number of aromatic nitrogens is 2. The Labute approximate surface area is 255 Å². The largest absolute Gasteiger partial charge is 0.490 e. The summed E-state index contributed by atoms with van der Waals surface area (Å²) in [5.41, 5.74) is 4.38. The predicted molar refractivity (Wildman–Crippen MR) is 157 cm³/mol. The van der Waals surface area contributed by atoms with E-state index in [1.54, 1.807) is 0 Å². The summed E-state index contributed by atoms with van der Waals surface area (Å²) in [5, 5.41) is 25.1. The average molecular weight is 657 g/mol. The van der Waals surface area contributed by atoms with Gasteiger partial charge in [0.2, 0.25) is 5.95 Å². The van der Waals surface area contributed by atoms with Gasteiger partial charge in [0.1, 0.15) is 5.02 Å². The second-order valence-corrected chi connectivity index (χ2v) is 11.8. The van der Waals surface area contributed by atoms with E-state index < -0.39 is 22.4 Å². The summed E-state index contributed by atoms with van der Waals surface area (Å²) in [5.74, 6) is -1.87. The molecule has 1 aromatic heterocycles. The van der Waals surface area contributed by atoms with Gasteiger partial charge in [-0.25, -0.2) is 19.7 Å². The number of hydrogen-bond donors (Lipinski definition) is 6. The van der Waals surface area contributed by atoms with Crippen molar-refractivity contribution in [3.8, 4) is 0 Å². The van der Waals surface area contributed by atoms with Crippen molar-refractivity contribution in [2.45, 2.75) is 37.9 Å². The number of rotatable bonds is 3. The number of piperidine rings is 1. The second kappa shape index (κ2) is 13.6. The molecule has 2 aromatic carbocycles. The smallest absolute Gasteiger partial charge is 0.475 e. The van der Waals surface area contributed by atoms with Crippen molar-refractivity contribution in [1.82, 2.24) is 19.6 Å². The third-order valence-electron chi connectivity index (χ3n) is 6.62. The number of urea groups is 1. The number of aryl methyl sites for hydroxylation is 2. The van der Waals surface area contributed by atoms with Crippen molar-refractivity contribution in [1.29, 1.82) is 0 Å². The monoisotopic (exact) mass is 656 g/mol. The number of benzene rings is 2. The first-order chi connectivity index (χ1) is 20.7. The topological polar surface area (TPSA) is 192 Å². The molecule has 0 atom stereocenters. The lowest BCUT2D eigenvalue weighted by atomic mass is 10.0. The molecule has 6 bridgehead atoms. The molecule has 13 nitrogen and oxygen atoms in total. The average Bonchev–Trinajstić information content (AvgIpc) is 2.95. The van der Waals surface area contributed by atoms with Crippen molar-refractivity contribution in [2.75, 3.05) is 29.0 Å². The van der Waals surface area contributed by atoms with Gasteiger partial charge in [0.15, 0.2) is 5.82 Å². The first kappa shape index (κ1) is 32.7. The van der Waals surface area contributed by atoms with Crippen LogP contribution in [-0.4, -0.2) is 65.1 Å². The number of carboxylic acid groups (broad SMARTS) is 1. The van der Waals surface area contributed by atoms with Gasteiger partial charge in [-0.3, -0.25) is 0 Å². The summed E-state index contributed by atoms with van der Waals surface area (Å²) >= 11 is 6.34. The van der Waals surface area contributed by atoms with E-state index in [1.807, 2.05) is 36.4 Å². The number of hydrogen-bond acceptors (Lipinski definition) is 8. The molecule has 1 fully saturated rings. The zero-order valence-electron chi connectivity index (χ0n) is 22.9. The fraction of sp³-hybridized carbons (Fsp3) is 0.308. The minimum absolute atomic E-state index is 0.145. The highest BCUT2D eigenvalue weighted by molar-refractivity contribution is 7.86. The minimum Gasteiger partial charge on any atom is -0.475 e. The molecule has 0 spiro atoms. The highest BCUT2D eigenvalue weighted by atomic mass is 35.5. The van der Waals surface area contributed by atoms with Gasteiger partial charge in [-0.05, 0) is 67.1 Å². The zero-order chi connectivity index (χ0) is 32.1. The van der Waals surface area contributed by atoms with E-state index in [9.17, 15) is 26.4 Å². The molecule has 3 aromatic rings. The first-order valence-corrected chi connectivity index (χ1v) is 15.0. The number of anilines is 5. The highest BCUT2D eigenvalue weighted by Gasteiger charge is 2.38. The maximum Gasteiger partial charge on any atom is 0.490 e. The number of carbonyl (C=O) groups excluding carboxylic acids is 1. The second-order valence-electron chi connectivity index (χ2n) is 9.83. The van der Waals surface area contributed by atoms with Crippen molar-refractivity contribution in [3.63, 3.8) is 0 Å². The number of nitrogens with zero attached hydrogens (tertiary/aromatic N) is 3. The first-order valence-electron chi connectivity index (χ1n) is 13.1. The molecule has 236 valence electrons. The summed E-state index contributed by atoms with van der Waals surface area (Å²) in [6.45, 7) is 0.549. The van der Waals surface area contributed by atoms with Crippen LogP contribution in [-0.2, 0) is 27.8 Å². The van der Waals surface area contributed by atoms with Gasteiger partial charge in [-0.1, -0.05) is 23.7 Å². The van der Waals surface area contributed by atoms with Crippen LogP contribution in [0.25, 0.3) is 0 Å². The molecular formula is C26H28ClF3N8O5S. The van der Waals surface area contributed by atoms with E-state index in [-0.39, 0.29) is 25.2 Å². The van der Waals surface area contributed by atoms with Gasteiger partial charge in [0.05, 0.1) is 6.20 Å². The number of carboxylic acids is 1. The predicted octanol–water partition coefficient (Wildman–Crippen LogP) is 4.14. The number of halogens is 4. The number of nitrogens with two attached hydrogens (primary N) is 1. The molecular weight excluding hydrogens is 629 g/mol. The zero-order valence-corrected chi connectivity index (χ0v) is 24.4. The van der Waals surface area contributed by atoms with Crippen molar-refractivity contribution >= 4 is 62.6 Å². The van der Waals surface area contributed by atoms with Crippen molar-refractivity contribution < 1.29 is 36.3 Å². The molecule has 7 N–H and O–H groups in total. The van der Waals surface area contributed by atoms with Gasteiger partial charge in [-0.2, -0.15) is 30.9 Å². The van der Waals surface area contributed by atoms with Crippen LogP contribution >= 0.6 is 11.6 Å². The van der Waals surface area contributed by atoms with E-state index in [4.69, 9.17) is 26.6 Å². The lowest BCUT2D eigenvalue weighted by molar-refractivity contribution is -0.192. The molecule has 5 rings (SSSR count). The third kappa shape index (κ3) is 9.15. The quantitative estimate of drug-likeness (QED) is 0.240. The Bertz CT molecular complexity index is 1640. The van der Waals surface area contributed by atoms with Crippen LogP contribution in [0, 0.1) is 0 Å². The molecule has 44 heavy (non-hydrogen) atoms. The maximum atomic E-state index is 12.8. The van der Waals surface area contributed by atoms with Crippen LogP contribution in [0.15, 0.2) is 48.7 Å². The lowest BCUT2D eigenvalue weighted by Crippen LogP contribution is -2.49. The van der Waals surface area contributed by atoms with Gasteiger partial charge in [-0.15, -0.1) is 0 Å². The Hall–Kier alpha value is -4.19. The van der Waals surface area contributed by atoms with Crippen molar-refractivity contribution in [3.05, 3.63) is 64.8 Å². The molecule has 0 unspecified atom stereocenters. The Balaban J connectivity index is 0.000000566. The molecule has 2 aliphatic heterocycles. The summed E-state index contributed by atoms with van der Waals surface area (Å²) in [4.78, 5) is 30.5. The van der Waals surface area contributed by atoms with Gasteiger partial charge in [0.25, 0.3) is 10.2 Å². The number of nitrogens with one attached hydrogen (secondary N) is 4. The summed E-state index contributed by atoms with van der Waals surface area (Å²) in [6.07, 6.45) is -1.13. The number of carbonyl (C=O) groups is 2. The minimum atomic E-state index is -5.08. The Morgan fingerprint density at radius 1 is 1.07 bits per heavy atom. The van der Waals surface area contributed by atoms with Crippen LogP contribution in [0.5, 0.6) is 0 Å². The molecule has 1 saturated heterocycles. The van der Waals surface area contributed by atoms with Gasteiger partial charge in [0, 0.05) is 36.2 Å². The molecule has 2 aliphatic rings. The summed E-state index contributed by atoms with van der Waals surface area (Å²) < 4.78 is 56.0. The molecule has 18 heteroatoms.